The topological polar surface area (TPSA) is 21.6 Å². The molecule has 0 heterocycles. The Morgan fingerprint density at radius 1 is 0.957 bits per heavy atom. The highest BCUT2D eigenvalue weighted by Crippen LogP contribution is 2.20. The van der Waals surface area contributed by atoms with Crippen LogP contribution in [0.3, 0.4) is 0 Å². The molecule has 0 aliphatic carbocycles. The fourth-order valence-electron chi connectivity index (χ4n) is 2.45. The SMILES string of the molecule is CCCCCCC(C)Oc1ccc(N=Cc2ccccc2)cc1. The zero-order valence-corrected chi connectivity index (χ0v) is 14.2. The second-order valence-electron chi connectivity index (χ2n) is 5.94. The smallest absolute Gasteiger partial charge is 0.119 e. The second-order valence-corrected chi connectivity index (χ2v) is 5.94. The average molecular weight is 309 g/mol. The van der Waals surface area contributed by atoms with E-state index in [1.54, 1.807) is 0 Å². The quantitative estimate of drug-likeness (QED) is 0.400. The summed E-state index contributed by atoms with van der Waals surface area (Å²) in [6.07, 6.45) is 8.41. The Bertz CT molecular complexity index is 575. The maximum absolute atomic E-state index is 5.96. The molecule has 2 heteroatoms. The van der Waals surface area contributed by atoms with Crippen molar-refractivity contribution in [2.75, 3.05) is 0 Å². The van der Waals surface area contributed by atoms with Crippen LogP contribution in [0.1, 0.15) is 51.5 Å². The average Bonchev–Trinajstić information content (AvgIpc) is 2.59. The van der Waals surface area contributed by atoms with Crippen molar-refractivity contribution in [3.63, 3.8) is 0 Å². The number of benzene rings is 2. The maximum Gasteiger partial charge on any atom is 0.119 e. The van der Waals surface area contributed by atoms with E-state index in [1.807, 2.05) is 60.8 Å². The predicted molar refractivity (Wildman–Crippen MR) is 99.0 cm³/mol. The van der Waals surface area contributed by atoms with Crippen LogP contribution in [0.2, 0.25) is 0 Å². The highest BCUT2D eigenvalue weighted by atomic mass is 16.5. The lowest BCUT2D eigenvalue weighted by Gasteiger charge is -2.14. The van der Waals surface area contributed by atoms with Gasteiger partial charge >= 0.3 is 0 Å². The van der Waals surface area contributed by atoms with Gasteiger partial charge in [0, 0.05) is 6.21 Å². The van der Waals surface area contributed by atoms with Crippen LogP contribution in [0.4, 0.5) is 5.69 Å². The van der Waals surface area contributed by atoms with Gasteiger partial charge in [0.2, 0.25) is 0 Å². The normalized spacial score (nSPS) is 12.4. The Balaban J connectivity index is 1.81. The van der Waals surface area contributed by atoms with Gasteiger partial charge in [-0.1, -0.05) is 56.5 Å². The van der Waals surface area contributed by atoms with Crippen LogP contribution in [0, 0.1) is 0 Å². The van der Waals surface area contributed by atoms with Gasteiger partial charge in [-0.15, -0.1) is 0 Å². The molecule has 2 aromatic carbocycles. The minimum Gasteiger partial charge on any atom is -0.491 e. The van der Waals surface area contributed by atoms with Gasteiger partial charge in [0.1, 0.15) is 5.75 Å². The van der Waals surface area contributed by atoms with Gasteiger partial charge in [-0.3, -0.25) is 4.99 Å². The number of aliphatic imine (C=N–C) groups is 1. The molecule has 2 nitrogen and oxygen atoms in total. The second kappa shape index (κ2) is 9.83. The summed E-state index contributed by atoms with van der Waals surface area (Å²) >= 11 is 0. The van der Waals surface area contributed by atoms with E-state index < -0.39 is 0 Å². The summed E-state index contributed by atoms with van der Waals surface area (Å²) in [5.74, 6) is 0.923. The van der Waals surface area contributed by atoms with Crippen molar-refractivity contribution in [3.05, 3.63) is 60.2 Å². The van der Waals surface area contributed by atoms with Gasteiger partial charge in [-0.25, -0.2) is 0 Å². The van der Waals surface area contributed by atoms with Crippen LogP contribution in [0.25, 0.3) is 0 Å². The van der Waals surface area contributed by atoms with Crippen molar-refractivity contribution in [1.82, 2.24) is 0 Å². The van der Waals surface area contributed by atoms with Crippen LogP contribution in [0.15, 0.2) is 59.6 Å². The Labute approximate surface area is 140 Å². The molecule has 0 aliphatic heterocycles. The van der Waals surface area contributed by atoms with E-state index >= 15 is 0 Å². The lowest BCUT2D eigenvalue weighted by atomic mass is 10.1. The molecule has 0 saturated carbocycles. The molecule has 0 amide bonds. The van der Waals surface area contributed by atoms with Crippen molar-refractivity contribution < 1.29 is 4.74 Å². The fourth-order valence-corrected chi connectivity index (χ4v) is 2.45. The molecule has 1 unspecified atom stereocenters. The summed E-state index contributed by atoms with van der Waals surface area (Å²) in [4.78, 5) is 4.49. The van der Waals surface area contributed by atoms with Gasteiger partial charge in [0.25, 0.3) is 0 Å². The van der Waals surface area contributed by atoms with Crippen LogP contribution >= 0.6 is 0 Å². The summed E-state index contributed by atoms with van der Waals surface area (Å²) in [5.41, 5.74) is 2.05. The van der Waals surface area contributed by atoms with Crippen molar-refractivity contribution in [3.8, 4) is 5.75 Å². The molecule has 0 radical (unpaired) electrons. The molecule has 0 spiro atoms. The Kier molecular flexibility index (Phi) is 7.38. The molecule has 0 aromatic heterocycles. The van der Waals surface area contributed by atoms with E-state index in [1.165, 1.54) is 25.7 Å². The first-order chi connectivity index (χ1) is 11.3. The maximum atomic E-state index is 5.96. The zero-order valence-electron chi connectivity index (χ0n) is 14.2. The van der Waals surface area contributed by atoms with Gasteiger partial charge in [-0.05, 0) is 49.6 Å². The Hall–Kier alpha value is -2.09. The third-order valence-electron chi connectivity index (χ3n) is 3.80. The fraction of sp³-hybridized carbons (Fsp3) is 0.381. The first-order valence-electron chi connectivity index (χ1n) is 8.64. The number of ether oxygens (including phenoxy) is 1. The molecule has 2 rings (SSSR count). The first-order valence-corrected chi connectivity index (χ1v) is 8.64. The number of unbranched alkanes of at least 4 members (excludes halogenated alkanes) is 3. The largest absolute Gasteiger partial charge is 0.491 e. The molecule has 122 valence electrons. The van der Waals surface area contributed by atoms with Gasteiger partial charge < -0.3 is 4.74 Å². The highest BCUT2D eigenvalue weighted by Gasteiger charge is 2.03. The predicted octanol–water partition coefficient (Wildman–Crippen LogP) is 6.17. The third-order valence-corrected chi connectivity index (χ3v) is 3.80. The molecule has 0 saturated heterocycles. The number of hydrogen-bond acceptors (Lipinski definition) is 2. The molecule has 0 fully saturated rings. The van der Waals surface area contributed by atoms with Gasteiger partial charge in [0.15, 0.2) is 0 Å². The van der Waals surface area contributed by atoms with Gasteiger partial charge in [-0.2, -0.15) is 0 Å². The molecular weight excluding hydrogens is 282 g/mol. The lowest BCUT2D eigenvalue weighted by Crippen LogP contribution is -2.11. The highest BCUT2D eigenvalue weighted by molar-refractivity contribution is 5.81. The van der Waals surface area contributed by atoms with Crippen LogP contribution in [-0.4, -0.2) is 12.3 Å². The number of nitrogens with zero attached hydrogens (tertiary/aromatic N) is 1. The van der Waals surface area contributed by atoms with E-state index in [-0.39, 0.29) is 6.10 Å². The minimum absolute atomic E-state index is 0.269. The summed E-state index contributed by atoms with van der Waals surface area (Å²) in [5, 5.41) is 0. The summed E-state index contributed by atoms with van der Waals surface area (Å²) in [7, 11) is 0. The van der Waals surface area contributed by atoms with Crippen molar-refractivity contribution in [2.24, 2.45) is 4.99 Å². The van der Waals surface area contributed by atoms with E-state index in [4.69, 9.17) is 4.74 Å². The summed E-state index contributed by atoms with van der Waals surface area (Å²) in [6, 6.07) is 18.1. The Morgan fingerprint density at radius 2 is 1.70 bits per heavy atom. The third kappa shape index (κ3) is 6.68. The van der Waals surface area contributed by atoms with E-state index in [0.717, 1.165) is 23.4 Å². The summed E-state index contributed by atoms with van der Waals surface area (Å²) < 4.78 is 5.96. The molecule has 0 bridgehead atoms. The van der Waals surface area contributed by atoms with Crippen molar-refractivity contribution in [2.45, 2.75) is 52.1 Å². The minimum atomic E-state index is 0.269. The van der Waals surface area contributed by atoms with E-state index in [2.05, 4.69) is 18.8 Å². The van der Waals surface area contributed by atoms with Gasteiger partial charge in [0.05, 0.1) is 11.8 Å². The van der Waals surface area contributed by atoms with Crippen LogP contribution < -0.4 is 4.74 Å². The van der Waals surface area contributed by atoms with E-state index in [9.17, 15) is 0 Å². The molecule has 23 heavy (non-hydrogen) atoms. The molecule has 0 N–H and O–H groups in total. The van der Waals surface area contributed by atoms with E-state index in [0.29, 0.717) is 0 Å². The summed E-state index contributed by atoms with van der Waals surface area (Å²) in [6.45, 7) is 4.38. The molecule has 1 atom stereocenters. The lowest BCUT2D eigenvalue weighted by molar-refractivity contribution is 0.206. The molecule has 0 aliphatic rings. The molecular formula is C21H27NO. The monoisotopic (exact) mass is 309 g/mol. The van der Waals surface area contributed by atoms with Crippen molar-refractivity contribution in [1.29, 1.82) is 0 Å². The van der Waals surface area contributed by atoms with Crippen LogP contribution in [-0.2, 0) is 0 Å². The van der Waals surface area contributed by atoms with Crippen molar-refractivity contribution >= 4 is 11.9 Å². The molecule has 2 aromatic rings. The number of hydrogen-bond donors (Lipinski definition) is 0. The Morgan fingerprint density at radius 3 is 2.39 bits per heavy atom. The van der Waals surface area contributed by atoms with Crippen LogP contribution in [0.5, 0.6) is 5.75 Å². The number of rotatable bonds is 9. The first kappa shape index (κ1) is 17.3. The standard InChI is InChI=1S/C21H27NO/c1-3-4-5-7-10-18(2)23-21-15-13-20(14-16-21)22-17-19-11-8-6-9-12-19/h6,8-9,11-18H,3-5,7,10H2,1-2H3. The zero-order chi connectivity index (χ0) is 16.3.